The van der Waals surface area contributed by atoms with Crippen molar-refractivity contribution in [1.82, 2.24) is 4.31 Å². The van der Waals surface area contributed by atoms with Crippen molar-refractivity contribution >= 4 is 38.9 Å². The molecule has 1 fully saturated rings. The van der Waals surface area contributed by atoms with Crippen molar-refractivity contribution in [3.8, 4) is 0 Å². The highest BCUT2D eigenvalue weighted by Crippen LogP contribution is 2.26. The smallest absolute Gasteiger partial charge is 0.309 e. The molecule has 0 radical (unpaired) electrons. The number of rotatable bonds is 6. The van der Waals surface area contributed by atoms with E-state index in [1.54, 1.807) is 23.6 Å². The molecule has 1 amide bonds. The van der Waals surface area contributed by atoms with Crippen LogP contribution in [0.15, 0.2) is 46.0 Å². The fourth-order valence-corrected chi connectivity index (χ4v) is 5.66. The highest BCUT2D eigenvalue weighted by Gasteiger charge is 2.33. The standard InChI is InChI=1S/C19H22N2O5S2/c1-14-4-2-5-16(12-14)20-17(22)13-26-19(23)15-7-9-21(10-8-15)28(24,25)18-6-3-11-27-18/h2-6,11-12,15H,7-10,13H2,1H3,(H,20,22). The number of benzene rings is 1. The second-order valence-corrected chi connectivity index (χ2v) is 9.75. The zero-order valence-corrected chi connectivity index (χ0v) is 17.1. The Morgan fingerprint density at radius 1 is 1.21 bits per heavy atom. The first-order chi connectivity index (χ1) is 13.4. The fourth-order valence-electron chi connectivity index (χ4n) is 3.04. The third-order valence-corrected chi connectivity index (χ3v) is 7.80. The predicted molar refractivity (Wildman–Crippen MR) is 107 cm³/mol. The van der Waals surface area contributed by atoms with Crippen molar-refractivity contribution in [1.29, 1.82) is 0 Å². The number of amides is 1. The van der Waals surface area contributed by atoms with Crippen molar-refractivity contribution in [2.75, 3.05) is 25.0 Å². The van der Waals surface area contributed by atoms with Crippen molar-refractivity contribution in [2.45, 2.75) is 24.0 Å². The number of aryl methyl sites for hydroxylation is 1. The zero-order chi connectivity index (χ0) is 20.1. The number of carbonyl (C=O) groups is 2. The van der Waals surface area contributed by atoms with Crippen LogP contribution in [0.1, 0.15) is 18.4 Å². The van der Waals surface area contributed by atoms with Gasteiger partial charge in [0.15, 0.2) is 6.61 Å². The minimum absolute atomic E-state index is 0.259. The topological polar surface area (TPSA) is 92.8 Å². The summed E-state index contributed by atoms with van der Waals surface area (Å²) in [5.74, 6) is -1.27. The molecule has 1 saturated heterocycles. The second kappa shape index (κ2) is 8.85. The number of anilines is 1. The molecule has 9 heteroatoms. The molecule has 1 aromatic heterocycles. The summed E-state index contributed by atoms with van der Waals surface area (Å²) in [5.41, 5.74) is 1.66. The number of nitrogens with zero attached hydrogens (tertiary/aromatic N) is 1. The van der Waals surface area contributed by atoms with Crippen LogP contribution in [0.2, 0.25) is 0 Å². The summed E-state index contributed by atoms with van der Waals surface area (Å²) in [7, 11) is -3.50. The largest absolute Gasteiger partial charge is 0.455 e. The third kappa shape index (κ3) is 4.98. The average Bonchev–Trinajstić information content (AvgIpc) is 3.22. The van der Waals surface area contributed by atoms with Gasteiger partial charge in [-0.15, -0.1) is 11.3 Å². The molecule has 3 rings (SSSR count). The summed E-state index contributed by atoms with van der Waals surface area (Å²) in [6, 6.07) is 10.6. The lowest BCUT2D eigenvalue weighted by Gasteiger charge is -2.29. The molecule has 1 aromatic carbocycles. The van der Waals surface area contributed by atoms with Crippen LogP contribution in [-0.2, 0) is 24.3 Å². The van der Waals surface area contributed by atoms with Crippen LogP contribution < -0.4 is 5.32 Å². The van der Waals surface area contributed by atoms with E-state index in [1.165, 1.54) is 15.6 Å². The van der Waals surface area contributed by atoms with Gasteiger partial charge >= 0.3 is 5.97 Å². The molecule has 0 saturated carbocycles. The van der Waals surface area contributed by atoms with Crippen molar-refractivity contribution in [3.05, 3.63) is 47.3 Å². The molecule has 0 spiro atoms. The summed E-state index contributed by atoms with van der Waals surface area (Å²) in [5, 5.41) is 4.40. The van der Waals surface area contributed by atoms with Gasteiger partial charge in [-0.3, -0.25) is 9.59 Å². The Balaban J connectivity index is 1.46. The molecule has 28 heavy (non-hydrogen) atoms. The van der Waals surface area contributed by atoms with Gasteiger partial charge in [-0.25, -0.2) is 8.42 Å². The minimum atomic E-state index is -3.50. The van der Waals surface area contributed by atoms with Crippen LogP contribution in [0.4, 0.5) is 5.69 Å². The second-order valence-electron chi connectivity index (χ2n) is 6.64. The molecule has 1 aliphatic heterocycles. The molecule has 2 aromatic rings. The first kappa shape index (κ1) is 20.5. The summed E-state index contributed by atoms with van der Waals surface area (Å²) in [6.07, 6.45) is 0.756. The highest BCUT2D eigenvalue weighted by atomic mass is 32.2. The number of sulfonamides is 1. The molecular weight excluding hydrogens is 400 g/mol. The Hall–Kier alpha value is -2.23. The normalized spacial score (nSPS) is 15.9. The van der Waals surface area contributed by atoms with E-state index in [1.807, 2.05) is 25.1 Å². The number of ether oxygens (including phenoxy) is 1. The van der Waals surface area contributed by atoms with E-state index in [0.29, 0.717) is 22.7 Å². The maximum Gasteiger partial charge on any atom is 0.309 e. The van der Waals surface area contributed by atoms with Crippen LogP contribution in [0.5, 0.6) is 0 Å². The molecule has 0 bridgehead atoms. The molecule has 150 valence electrons. The van der Waals surface area contributed by atoms with Gasteiger partial charge in [0.2, 0.25) is 0 Å². The Labute approximate surface area is 168 Å². The van der Waals surface area contributed by atoms with E-state index in [0.717, 1.165) is 5.56 Å². The summed E-state index contributed by atoms with van der Waals surface area (Å²) in [6.45, 7) is 2.08. The van der Waals surface area contributed by atoms with Crippen LogP contribution in [0.3, 0.4) is 0 Å². The van der Waals surface area contributed by atoms with Gasteiger partial charge in [-0.05, 0) is 48.9 Å². The molecular formula is C19H22N2O5S2. The third-order valence-electron chi connectivity index (χ3n) is 4.52. The van der Waals surface area contributed by atoms with Gasteiger partial charge in [0.05, 0.1) is 5.92 Å². The van der Waals surface area contributed by atoms with E-state index in [4.69, 9.17) is 4.74 Å². The summed E-state index contributed by atoms with van der Waals surface area (Å²) >= 11 is 1.18. The van der Waals surface area contributed by atoms with Gasteiger partial charge in [-0.2, -0.15) is 4.31 Å². The number of esters is 1. The van der Waals surface area contributed by atoms with E-state index in [2.05, 4.69) is 5.32 Å². The fraction of sp³-hybridized carbons (Fsp3) is 0.368. The van der Waals surface area contributed by atoms with Crippen molar-refractivity contribution in [2.24, 2.45) is 5.92 Å². The quantitative estimate of drug-likeness (QED) is 0.723. The highest BCUT2D eigenvalue weighted by molar-refractivity contribution is 7.91. The summed E-state index contributed by atoms with van der Waals surface area (Å²) in [4.78, 5) is 24.2. The van der Waals surface area contributed by atoms with Crippen LogP contribution in [0.25, 0.3) is 0 Å². The lowest BCUT2D eigenvalue weighted by Crippen LogP contribution is -2.40. The van der Waals surface area contributed by atoms with Crippen LogP contribution in [0, 0.1) is 12.8 Å². The van der Waals surface area contributed by atoms with Crippen LogP contribution in [-0.4, -0.2) is 44.3 Å². The van der Waals surface area contributed by atoms with Gasteiger partial charge in [-0.1, -0.05) is 18.2 Å². The number of piperidine rings is 1. The van der Waals surface area contributed by atoms with E-state index < -0.39 is 27.8 Å². The zero-order valence-electron chi connectivity index (χ0n) is 15.5. The minimum Gasteiger partial charge on any atom is -0.455 e. The van der Waals surface area contributed by atoms with E-state index in [-0.39, 0.29) is 19.7 Å². The molecule has 0 atom stereocenters. The molecule has 0 unspecified atom stereocenters. The molecule has 1 N–H and O–H groups in total. The monoisotopic (exact) mass is 422 g/mol. The Bertz CT molecular complexity index is 933. The number of hydrogen-bond donors (Lipinski definition) is 1. The Morgan fingerprint density at radius 2 is 1.96 bits per heavy atom. The molecule has 1 aliphatic rings. The molecule has 2 heterocycles. The summed E-state index contributed by atoms with van der Waals surface area (Å²) < 4.78 is 31.8. The number of thiophene rings is 1. The maximum absolute atomic E-state index is 12.5. The van der Waals surface area contributed by atoms with Gasteiger partial charge < -0.3 is 10.1 Å². The van der Waals surface area contributed by atoms with Gasteiger partial charge in [0.1, 0.15) is 4.21 Å². The first-order valence-corrected chi connectivity index (χ1v) is 11.2. The van der Waals surface area contributed by atoms with Crippen LogP contribution >= 0.6 is 11.3 Å². The van der Waals surface area contributed by atoms with E-state index >= 15 is 0 Å². The maximum atomic E-state index is 12.5. The van der Waals surface area contributed by atoms with Crippen molar-refractivity contribution < 1.29 is 22.7 Å². The predicted octanol–water partition coefficient (Wildman–Crippen LogP) is 2.64. The average molecular weight is 423 g/mol. The lowest BCUT2D eigenvalue weighted by molar-refractivity contribution is -0.152. The van der Waals surface area contributed by atoms with Gasteiger partial charge in [0.25, 0.3) is 15.9 Å². The number of carbonyl (C=O) groups excluding carboxylic acids is 2. The SMILES string of the molecule is Cc1cccc(NC(=O)COC(=O)C2CCN(S(=O)(=O)c3cccs3)CC2)c1. The number of hydrogen-bond acceptors (Lipinski definition) is 6. The molecule has 0 aliphatic carbocycles. The first-order valence-electron chi connectivity index (χ1n) is 8.93. The van der Waals surface area contributed by atoms with E-state index in [9.17, 15) is 18.0 Å². The Morgan fingerprint density at radius 3 is 2.61 bits per heavy atom. The lowest BCUT2D eigenvalue weighted by atomic mass is 9.98. The number of nitrogens with one attached hydrogen (secondary N) is 1. The van der Waals surface area contributed by atoms with Gasteiger partial charge in [0, 0.05) is 18.8 Å². The Kier molecular flexibility index (Phi) is 6.48. The van der Waals surface area contributed by atoms with Crippen molar-refractivity contribution in [3.63, 3.8) is 0 Å². The molecule has 7 nitrogen and oxygen atoms in total.